The van der Waals surface area contributed by atoms with E-state index in [1.165, 1.54) is 11.1 Å². The number of hydrogen-bond donors (Lipinski definition) is 1. The Morgan fingerprint density at radius 1 is 1.19 bits per heavy atom. The van der Waals surface area contributed by atoms with E-state index in [-0.39, 0.29) is 6.10 Å². The van der Waals surface area contributed by atoms with Gasteiger partial charge in [-0.3, -0.25) is 0 Å². The molecule has 0 radical (unpaired) electrons. The summed E-state index contributed by atoms with van der Waals surface area (Å²) in [6.45, 7) is 5.02. The fourth-order valence-electron chi connectivity index (χ4n) is 2.32. The maximum Gasteiger partial charge on any atom is 0.0664 e. The van der Waals surface area contributed by atoms with Crippen molar-refractivity contribution in [2.45, 2.75) is 32.3 Å². The Bertz CT molecular complexity index is 310. The molecule has 1 aliphatic rings. The SMILES string of the molecule is CCC(O)CN1CCc2ccccc2CC1. The minimum Gasteiger partial charge on any atom is -0.392 e. The summed E-state index contributed by atoms with van der Waals surface area (Å²) >= 11 is 0. The molecule has 2 heteroatoms. The second-order valence-corrected chi connectivity index (χ2v) is 4.63. The third-order valence-corrected chi connectivity index (χ3v) is 3.45. The van der Waals surface area contributed by atoms with Crippen molar-refractivity contribution in [2.24, 2.45) is 0 Å². The van der Waals surface area contributed by atoms with Gasteiger partial charge in [-0.05, 0) is 30.4 Å². The van der Waals surface area contributed by atoms with E-state index < -0.39 is 0 Å². The molecule has 1 N–H and O–H groups in total. The van der Waals surface area contributed by atoms with Crippen molar-refractivity contribution in [3.63, 3.8) is 0 Å². The van der Waals surface area contributed by atoms with E-state index in [0.29, 0.717) is 0 Å². The first-order valence-corrected chi connectivity index (χ1v) is 6.26. The van der Waals surface area contributed by atoms with Crippen molar-refractivity contribution in [1.82, 2.24) is 4.90 Å². The molecule has 88 valence electrons. The lowest BCUT2D eigenvalue weighted by Crippen LogP contribution is -2.34. The van der Waals surface area contributed by atoms with Gasteiger partial charge in [-0.15, -0.1) is 0 Å². The lowest BCUT2D eigenvalue weighted by atomic mass is 10.0. The number of nitrogens with zero attached hydrogens (tertiary/aromatic N) is 1. The third-order valence-electron chi connectivity index (χ3n) is 3.45. The quantitative estimate of drug-likeness (QED) is 0.838. The Balaban J connectivity index is 1.97. The van der Waals surface area contributed by atoms with Gasteiger partial charge in [0, 0.05) is 19.6 Å². The zero-order valence-corrected chi connectivity index (χ0v) is 10.0. The first-order chi connectivity index (χ1) is 7.79. The average molecular weight is 219 g/mol. The van der Waals surface area contributed by atoms with E-state index in [2.05, 4.69) is 29.2 Å². The van der Waals surface area contributed by atoms with Crippen molar-refractivity contribution >= 4 is 0 Å². The van der Waals surface area contributed by atoms with Crippen LogP contribution in [0.15, 0.2) is 24.3 Å². The summed E-state index contributed by atoms with van der Waals surface area (Å²) < 4.78 is 0. The molecule has 1 unspecified atom stereocenters. The van der Waals surface area contributed by atoms with Gasteiger partial charge in [0.25, 0.3) is 0 Å². The number of hydrogen-bond acceptors (Lipinski definition) is 2. The fourth-order valence-corrected chi connectivity index (χ4v) is 2.32. The third kappa shape index (κ3) is 2.83. The minimum atomic E-state index is -0.166. The van der Waals surface area contributed by atoms with Crippen LogP contribution in [0.5, 0.6) is 0 Å². The van der Waals surface area contributed by atoms with Crippen LogP contribution >= 0.6 is 0 Å². The Labute approximate surface area is 97.9 Å². The summed E-state index contributed by atoms with van der Waals surface area (Å²) in [5.74, 6) is 0. The van der Waals surface area contributed by atoms with Gasteiger partial charge in [0.05, 0.1) is 6.10 Å². The predicted molar refractivity (Wildman–Crippen MR) is 66.6 cm³/mol. The van der Waals surface area contributed by atoms with Crippen molar-refractivity contribution < 1.29 is 5.11 Å². The van der Waals surface area contributed by atoms with Crippen molar-refractivity contribution in [2.75, 3.05) is 19.6 Å². The molecule has 0 bridgehead atoms. The van der Waals surface area contributed by atoms with Gasteiger partial charge in [0.2, 0.25) is 0 Å². The number of aliphatic hydroxyl groups excluding tert-OH is 1. The van der Waals surface area contributed by atoms with Crippen molar-refractivity contribution in [1.29, 1.82) is 0 Å². The molecule has 0 amide bonds. The number of rotatable bonds is 3. The monoisotopic (exact) mass is 219 g/mol. The van der Waals surface area contributed by atoms with Crippen LogP contribution in [0.1, 0.15) is 24.5 Å². The van der Waals surface area contributed by atoms with Crippen LogP contribution in [0.25, 0.3) is 0 Å². The molecule has 0 spiro atoms. The van der Waals surface area contributed by atoms with Gasteiger partial charge in [-0.2, -0.15) is 0 Å². The molecule has 1 aliphatic heterocycles. The zero-order chi connectivity index (χ0) is 11.4. The normalized spacial score (nSPS) is 18.9. The largest absolute Gasteiger partial charge is 0.392 e. The van der Waals surface area contributed by atoms with E-state index in [1.54, 1.807) is 0 Å². The maximum absolute atomic E-state index is 9.68. The van der Waals surface area contributed by atoms with Gasteiger partial charge >= 0.3 is 0 Å². The number of benzene rings is 1. The van der Waals surface area contributed by atoms with E-state index in [0.717, 1.165) is 38.9 Å². The molecule has 0 aliphatic carbocycles. The van der Waals surface area contributed by atoms with Crippen LogP contribution < -0.4 is 0 Å². The van der Waals surface area contributed by atoms with Crippen LogP contribution in [0.3, 0.4) is 0 Å². The van der Waals surface area contributed by atoms with E-state index in [4.69, 9.17) is 0 Å². The topological polar surface area (TPSA) is 23.5 Å². The lowest BCUT2D eigenvalue weighted by molar-refractivity contribution is 0.111. The first kappa shape index (κ1) is 11.6. The standard InChI is InChI=1S/C14H21NO/c1-2-14(16)11-15-9-7-12-5-3-4-6-13(12)8-10-15/h3-6,14,16H,2,7-11H2,1H3. The van der Waals surface area contributed by atoms with Gasteiger partial charge in [0.15, 0.2) is 0 Å². The Kier molecular flexibility index (Phi) is 3.97. The molecule has 16 heavy (non-hydrogen) atoms. The van der Waals surface area contributed by atoms with Crippen LogP contribution in [0, 0.1) is 0 Å². The van der Waals surface area contributed by atoms with Crippen LogP contribution in [0.2, 0.25) is 0 Å². The summed E-state index contributed by atoms with van der Waals surface area (Å²) in [6, 6.07) is 8.70. The Morgan fingerprint density at radius 3 is 2.25 bits per heavy atom. The smallest absolute Gasteiger partial charge is 0.0664 e. The number of β-amino-alcohol motifs (C(OH)–C–C–N with tert-alkyl or cyclic N) is 1. The highest BCUT2D eigenvalue weighted by molar-refractivity contribution is 5.28. The first-order valence-electron chi connectivity index (χ1n) is 6.26. The highest BCUT2D eigenvalue weighted by Gasteiger charge is 2.15. The highest BCUT2D eigenvalue weighted by Crippen LogP contribution is 2.15. The molecule has 0 fully saturated rings. The zero-order valence-electron chi connectivity index (χ0n) is 10.0. The van der Waals surface area contributed by atoms with Gasteiger partial charge in [-0.1, -0.05) is 31.2 Å². The summed E-state index contributed by atoms with van der Waals surface area (Å²) in [5, 5.41) is 9.68. The summed E-state index contributed by atoms with van der Waals surface area (Å²) in [7, 11) is 0. The number of fused-ring (bicyclic) bond motifs is 1. The fraction of sp³-hybridized carbons (Fsp3) is 0.571. The molecule has 0 aromatic heterocycles. The van der Waals surface area contributed by atoms with Crippen LogP contribution in [-0.2, 0) is 12.8 Å². The predicted octanol–water partition coefficient (Wildman–Crippen LogP) is 1.86. The van der Waals surface area contributed by atoms with Gasteiger partial charge < -0.3 is 10.0 Å². The molecule has 1 aromatic carbocycles. The molecule has 2 nitrogen and oxygen atoms in total. The Morgan fingerprint density at radius 2 is 1.75 bits per heavy atom. The molecular formula is C14H21NO. The van der Waals surface area contributed by atoms with Crippen LogP contribution in [0.4, 0.5) is 0 Å². The summed E-state index contributed by atoms with van der Waals surface area (Å²) in [4.78, 5) is 2.38. The van der Waals surface area contributed by atoms with Crippen LogP contribution in [-0.4, -0.2) is 35.7 Å². The lowest BCUT2D eigenvalue weighted by Gasteiger charge is -2.22. The second-order valence-electron chi connectivity index (χ2n) is 4.63. The second kappa shape index (κ2) is 5.46. The van der Waals surface area contributed by atoms with E-state index in [9.17, 15) is 5.11 Å². The molecule has 1 aromatic rings. The highest BCUT2D eigenvalue weighted by atomic mass is 16.3. The molecule has 2 rings (SSSR count). The summed E-state index contributed by atoms with van der Waals surface area (Å²) in [6.07, 6.45) is 2.92. The Hall–Kier alpha value is -0.860. The van der Waals surface area contributed by atoms with Gasteiger partial charge in [-0.25, -0.2) is 0 Å². The van der Waals surface area contributed by atoms with Gasteiger partial charge in [0.1, 0.15) is 0 Å². The average Bonchev–Trinajstić information content (AvgIpc) is 2.52. The summed E-state index contributed by atoms with van der Waals surface area (Å²) in [5.41, 5.74) is 2.96. The molecular weight excluding hydrogens is 198 g/mol. The molecule has 1 atom stereocenters. The van der Waals surface area contributed by atoms with Crippen molar-refractivity contribution in [3.8, 4) is 0 Å². The minimum absolute atomic E-state index is 0.166. The number of aliphatic hydroxyl groups is 1. The maximum atomic E-state index is 9.68. The van der Waals surface area contributed by atoms with E-state index in [1.807, 2.05) is 6.92 Å². The molecule has 0 saturated heterocycles. The molecule has 0 saturated carbocycles. The molecule has 1 heterocycles. The van der Waals surface area contributed by atoms with Crippen molar-refractivity contribution in [3.05, 3.63) is 35.4 Å². The van der Waals surface area contributed by atoms with E-state index >= 15 is 0 Å².